The molecule has 5 heteroatoms. The number of aromatic nitrogens is 4. The Morgan fingerprint density at radius 2 is 1.25 bits per heavy atom. The van der Waals surface area contributed by atoms with Crippen LogP contribution in [0.15, 0.2) is 152 Å². The van der Waals surface area contributed by atoms with Gasteiger partial charge in [-0.05, 0) is 94.5 Å². The number of fused-ring (bicyclic) bond motifs is 11. The number of aryl methyl sites for hydroxylation is 2. The normalized spacial score (nSPS) is 12.8. The lowest BCUT2D eigenvalue weighted by Crippen LogP contribution is -2.56. The summed E-state index contributed by atoms with van der Waals surface area (Å²) >= 11 is 0. The summed E-state index contributed by atoms with van der Waals surface area (Å²) in [6.07, 6.45) is 0. The molecule has 242 valence electrons. The van der Waals surface area contributed by atoms with Crippen LogP contribution in [0.3, 0.4) is 0 Å². The molecule has 0 bridgehead atoms. The second kappa shape index (κ2) is 10.0. The molecule has 8 aromatic carbocycles. The van der Waals surface area contributed by atoms with E-state index in [1.165, 1.54) is 87.6 Å². The third-order valence-electron chi connectivity index (χ3n) is 11.6. The van der Waals surface area contributed by atoms with Crippen LogP contribution >= 0.6 is 0 Å². The molecule has 0 fully saturated rings. The highest BCUT2D eigenvalue weighted by atomic mass is 15.2. The van der Waals surface area contributed by atoms with E-state index in [1.807, 2.05) is 0 Å². The molecule has 0 radical (unpaired) electrons. The maximum atomic E-state index is 5.53. The molecule has 0 saturated carbocycles. The first-order valence-corrected chi connectivity index (χ1v) is 18.1. The van der Waals surface area contributed by atoms with Crippen molar-refractivity contribution in [2.45, 2.75) is 13.8 Å². The molecule has 52 heavy (non-hydrogen) atoms. The zero-order valence-electron chi connectivity index (χ0n) is 28.8. The van der Waals surface area contributed by atoms with Crippen molar-refractivity contribution in [3.05, 3.63) is 163 Å². The van der Waals surface area contributed by atoms with Gasteiger partial charge < -0.3 is 4.57 Å². The van der Waals surface area contributed by atoms with Crippen molar-refractivity contribution in [3.63, 3.8) is 0 Å². The van der Waals surface area contributed by atoms with Gasteiger partial charge in [-0.3, -0.25) is 8.97 Å². The first-order valence-electron chi connectivity index (χ1n) is 18.1. The first kappa shape index (κ1) is 28.1. The van der Waals surface area contributed by atoms with E-state index in [0.29, 0.717) is 0 Å². The summed E-state index contributed by atoms with van der Waals surface area (Å²) in [6.45, 7) is 4.37. The van der Waals surface area contributed by atoms with Gasteiger partial charge in [0.1, 0.15) is 0 Å². The average Bonchev–Trinajstić information content (AvgIpc) is 3.72. The van der Waals surface area contributed by atoms with Gasteiger partial charge in [0.05, 0.1) is 33.1 Å². The predicted octanol–water partition coefficient (Wildman–Crippen LogP) is 9.28. The molecular weight excluding hydrogens is 631 g/mol. The van der Waals surface area contributed by atoms with E-state index in [2.05, 4.69) is 179 Å². The molecule has 11 aromatic rings. The minimum Gasteiger partial charge on any atom is -0.309 e. The molecule has 4 nitrogen and oxygen atoms in total. The Morgan fingerprint density at radius 1 is 0.500 bits per heavy atom. The topological polar surface area (TPSA) is 27.2 Å². The van der Waals surface area contributed by atoms with Crippen LogP contribution in [0.2, 0.25) is 0 Å². The number of benzene rings is 8. The summed E-state index contributed by atoms with van der Waals surface area (Å²) in [4.78, 5) is 5.53. The standard InChI is InChI=1S/C47H31BN4/c1-28-24-29(2)45-43(25-28)51-40-21-11-14-31-22-23-37-46(44(31)40)52(47(51)49-45)42-26-35-34-18-8-9-20-39(34)50(32-15-4-3-5-16-32)41(35)27-38(42)48(37)36-19-10-13-30-12-6-7-17-33(30)36/h3-27H,1-2H3. The third kappa shape index (κ3) is 3.55. The van der Waals surface area contributed by atoms with Gasteiger partial charge in [0.2, 0.25) is 12.5 Å². The Labute approximate surface area is 299 Å². The second-order valence-corrected chi connectivity index (χ2v) is 14.5. The molecule has 0 N–H and O–H groups in total. The fourth-order valence-electron chi connectivity index (χ4n) is 9.55. The minimum atomic E-state index is -0.00338. The summed E-state index contributed by atoms with van der Waals surface area (Å²) in [6, 6.07) is 56.2. The SMILES string of the molecule is Cc1cc(C)c2nc3n4c5c(ccc6cccc(c65)n3c2c1)B(c1cccc2ccccc12)c1cc2c(cc1-4)c1ccccc1n2-c1ccccc1. The molecule has 0 aliphatic carbocycles. The molecule has 12 rings (SSSR count). The lowest BCUT2D eigenvalue weighted by atomic mass is 9.35. The van der Waals surface area contributed by atoms with Crippen molar-refractivity contribution in [1.82, 2.24) is 18.5 Å². The molecular formula is C47H31BN4. The maximum Gasteiger partial charge on any atom is 0.247 e. The highest BCUT2D eigenvalue weighted by Crippen LogP contribution is 2.38. The molecule has 0 atom stereocenters. The van der Waals surface area contributed by atoms with Gasteiger partial charge in [-0.15, -0.1) is 0 Å². The Balaban J connectivity index is 1.34. The van der Waals surface area contributed by atoms with Crippen LogP contribution in [0.25, 0.3) is 82.6 Å². The number of hydrogen-bond acceptors (Lipinski definition) is 1. The number of hydrogen-bond donors (Lipinski definition) is 0. The van der Waals surface area contributed by atoms with Crippen LogP contribution in [-0.4, -0.2) is 25.2 Å². The van der Waals surface area contributed by atoms with Crippen molar-refractivity contribution < 1.29 is 0 Å². The highest BCUT2D eigenvalue weighted by molar-refractivity contribution is 6.99. The fourth-order valence-corrected chi connectivity index (χ4v) is 9.55. The summed E-state index contributed by atoms with van der Waals surface area (Å²) in [5.41, 5.74) is 15.7. The van der Waals surface area contributed by atoms with Crippen LogP contribution < -0.4 is 16.4 Å². The van der Waals surface area contributed by atoms with Crippen LogP contribution in [0.1, 0.15) is 11.1 Å². The van der Waals surface area contributed by atoms with Crippen LogP contribution in [0.5, 0.6) is 0 Å². The van der Waals surface area contributed by atoms with E-state index in [1.54, 1.807) is 0 Å². The van der Waals surface area contributed by atoms with Gasteiger partial charge in [-0.1, -0.05) is 115 Å². The largest absolute Gasteiger partial charge is 0.309 e. The second-order valence-electron chi connectivity index (χ2n) is 14.5. The molecule has 3 aromatic heterocycles. The molecule has 1 aliphatic heterocycles. The van der Waals surface area contributed by atoms with E-state index in [4.69, 9.17) is 4.98 Å². The number of nitrogens with zero attached hydrogens (tertiary/aromatic N) is 4. The van der Waals surface area contributed by atoms with Crippen molar-refractivity contribution in [2.24, 2.45) is 0 Å². The zero-order chi connectivity index (χ0) is 34.2. The summed E-state index contributed by atoms with van der Waals surface area (Å²) in [5.74, 6) is 0.944. The predicted molar refractivity (Wildman–Crippen MR) is 219 cm³/mol. The molecule has 0 amide bonds. The van der Waals surface area contributed by atoms with Gasteiger partial charge in [0.25, 0.3) is 0 Å². The van der Waals surface area contributed by atoms with Crippen molar-refractivity contribution in [1.29, 1.82) is 0 Å². The van der Waals surface area contributed by atoms with Crippen molar-refractivity contribution in [3.8, 4) is 11.4 Å². The number of rotatable bonds is 2. The van der Waals surface area contributed by atoms with E-state index < -0.39 is 0 Å². The number of para-hydroxylation sites is 2. The van der Waals surface area contributed by atoms with Crippen molar-refractivity contribution >= 4 is 94.3 Å². The van der Waals surface area contributed by atoms with Gasteiger partial charge >= 0.3 is 0 Å². The van der Waals surface area contributed by atoms with E-state index in [-0.39, 0.29) is 6.71 Å². The van der Waals surface area contributed by atoms with Crippen LogP contribution in [0.4, 0.5) is 0 Å². The average molecular weight is 663 g/mol. The van der Waals surface area contributed by atoms with Crippen LogP contribution in [0, 0.1) is 13.8 Å². The lowest BCUT2D eigenvalue weighted by Gasteiger charge is -2.31. The van der Waals surface area contributed by atoms with Crippen LogP contribution in [-0.2, 0) is 0 Å². The third-order valence-corrected chi connectivity index (χ3v) is 11.6. The monoisotopic (exact) mass is 662 g/mol. The Bertz CT molecular complexity index is 3320. The fraction of sp³-hybridized carbons (Fsp3) is 0.0426. The summed E-state index contributed by atoms with van der Waals surface area (Å²) in [5, 5.41) is 7.53. The van der Waals surface area contributed by atoms with E-state index in [0.717, 1.165) is 22.5 Å². The maximum absolute atomic E-state index is 5.53. The van der Waals surface area contributed by atoms with Gasteiger partial charge in [0.15, 0.2) is 0 Å². The molecule has 0 unspecified atom stereocenters. The Morgan fingerprint density at radius 3 is 2.15 bits per heavy atom. The molecule has 4 heterocycles. The van der Waals surface area contributed by atoms with E-state index >= 15 is 0 Å². The zero-order valence-corrected chi connectivity index (χ0v) is 28.8. The van der Waals surface area contributed by atoms with Gasteiger partial charge in [-0.25, -0.2) is 4.98 Å². The Kier molecular flexibility index (Phi) is 5.42. The molecule has 0 saturated heterocycles. The first-order chi connectivity index (χ1) is 25.6. The Hall–Kier alpha value is -6.59. The highest BCUT2D eigenvalue weighted by Gasteiger charge is 2.36. The van der Waals surface area contributed by atoms with E-state index in [9.17, 15) is 0 Å². The summed E-state index contributed by atoms with van der Waals surface area (Å²) < 4.78 is 7.34. The molecule has 0 spiro atoms. The summed E-state index contributed by atoms with van der Waals surface area (Å²) in [7, 11) is 0. The van der Waals surface area contributed by atoms with Crippen molar-refractivity contribution in [2.75, 3.05) is 0 Å². The molecule has 1 aliphatic rings. The number of imidazole rings is 1. The smallest absolute Gasteiger partial charge is 0.247 e. The lowest BCUT2D eigenvalue weighted by molar-refractivity contribution is 1.07. The quantitative estimate of drug-likeness (QED) is 0.170. The minimum absolute atomic E-state index is 0.00338. The van der Waals surface area contributed by atoms with Gasteiger partial charge in [-0.2, -0.15) is 0 Å². The van der Waals surface area contributed by atoms with Gasteiger partial charge in [0, 0.05) is 27.5 Å².